The summed E-state index contributed by atoms with van der Waals surface area (Å²) in [5.41, 5.74) is 0.610. The summed E-state index contributed by atoms with van der Waals surface area (Å²) >= 11 is 0. The van der Waals surface area contributed by atoms with Crippen LogP contribution in [0.25, 0.3) is 5.82 Å². The molecule has 0 atom stereocenters. The van der Waals surface area contributed by atoms with Gasteiger partial charge in [-0.15, -0.1) is 0 Å². The Balaban J connectivity index is 1.52. The minimum Gasteiger partial charge on any atom is -0.322 e. The van der Waals surface area contributed by atoms with Crippen LogP contribution in [0.3, 0.4) is 0 Å². The topological polar surface area (TPSA) is 122 Å². The van der Waals surface area contributed by atoms with Crippen LogP contribution >= 0.6 is 0 Å². The number of rotatable bonds is 5. The van der Waals surface area contributed by atoms with Crippen molar-refractivity contribution < 1.29 is 22.8 Å². The highest BCUT2D eigenvalue weighted by molar-refractivity contribution is 6.07. The maximum Gasteiger partial charge on any atom is 0.416 e. The summed E-state index contributed by atoms with van der Waals surface area (Å²) in [7, 11) is 0. The van der Waals surface area contributed by atoms with Crippen molar-refractivity contribution in [2.45, 2.75) is 20.0 Å². The fourth-order valence-corrected chi connectivity index (χ4v) is 3.38. The first-order chi connectivity index (χ1) is 17.0. The van der Waals surface area contributed by atoms with Crippen LogP contribution in [0.4, 0.5) is 24.5 Å². The molecule has 0 aliphatic carbocycles. The van der Waals surface area contributed by atoms with Crippen LogP contribution in [-0.4, -0.2) is 31.8 Å². The van der Waals surface area contributed by atoms with Crippen molar-refractivity contribution >= 4 is 23.2 Å². The second-order valence-electron chi connectivity index (χ2n) is 7.85. The molecule has 2 aromatic heterocycles. The smallest absolute Gasteiger partial charge is 0.322 e. The fraction of sp³-hybridized carbons (Fsp3) is 0.125. The van der Waals surface area contributed by atoms with Crippen LogP contribution in [-0.2, 0) is 6.18 Å². The van der Waals surface area contributed by atoms with E-state index in [1.165, 1.54) is 35.1 Å². The highest BCUT2D eigenvalue weighted by Gasteiger charge is 2.31. The van der Waals surface area contributed by atoms with Crippen LogP contribution < -0.4 is 16.2 Å². The zero-order chi connectivity index (χ0) is 26.0. The lowest BCUT2D eigenvalue weighted by Gasteiger charge is -2.12. The Morgan fingerprint density at radius 2 is 1.75 bits per heavy atom. The van der Waals surface area contributed by atoms with Gasteiger partial charge in [0, 0.05) is 23.0 Å². The Morgan fingerprint density at radius 3 is 2.44 bits per heavy atom. The summed E-state index contributed by atoms with van der Waals surface area (Å²) < 4.78 is 40.3. The third-order valence-corrected chi connectivity index (χ3v) is 5.33. The molecule has 0 unspecified atom stereocenters. The normalized spacial score (nSPS) is 11.2. The molecule has 4 aromatic rings. The number of benzene rings is 2. The highest BCUT2D eigenvalue weighted by atomic mass is 19.4. The largest absolute Gasteiger partial charge is 0.416 e. The van der Waals surface area contributed by atoms with Gasteiger partial charge >= 0.3 is 6.18 Å². The number of aromatic nitrogens is 4. The Hall–Kier alpha value is -4.74. The first kappa shape index (κ1) is 24.4. The molecule has 36 heavy (non-hydrogen) atoms. The van der Waals surface area contributed by atoms with Gasteiger partial charge in [0.25, 0.3) is 17.4 Å². The number of aryl methyl sites for hydroxylation is 1. The van der Waals surface area contributed by atoms with Crippen LogP contribution in [0.5, 0.6) is 0 Å². The zero-order valence-electron chi connectivity index (χ0n) is 19.0. The maximum atomic E-state index is 13.0. The van der Waals surface area contributed by atoms with Gasteiger partial charge in [-0.1, -0.05) is 12.1 Å². The molecule has 3 N–H and O–H groups in total. The number of carbonyl (C=O) groups is 2. The van der Waals surface area contributed by atoms with Crippen LogP contribution in [0, 0.1) is 13.8 Å². The maximum absolute atomic E-state index is 13.0. The van der Waals surface area contributed by atoms with E-state index in [2.05, 4.69) is 25.9 Å². The Morgan fingerprint density at radius 1 is 0.972 bits per heavy atom. The molecule has 0 saturated carbocycles. The van der Waals surface area contributed by atoms with E-state index in [1.54, 1.807) is 26.0 Å². The van der Waals surface area contributed by atoms with E-state index in [0.29, 0.717) is 22.8 Å². The van der Waals surface area contributed by atoms with Gasteiger partial charge in [0.1, 0.15) is 0 Å². The van der Waals surface area contributed by atoms with Gasteiger partial charge in [-0.05, 0) is 55.8 Å². The fourth-order valence-electron chi connectivity index (χ4n) is 3.38. The second-order valence-corrected chi connectivity index (χ2v) is 7.85. The average molecular weight is 496 g/mol. The third-order valence-electron chi connectivity index (χ3n) is 5.33. The average Bonchev–Trinajstić information content (AvgIpc) is 3.22. The predicted octanol–water partition coefficient (Wildman–Crippen LogP) is 4.10. The van der Waals surface area contributed by atoms with Crippen molar-refractivity contribution in [1.29, 1.82) is 0 Å². The van der Waals surface area contributed by atoms with Crippen molar-refractivity contribution in [3.63, 3.8) is 0 Å². The number of anilines is 2. The molecule has 0 spiro atoms. The standard InChI is InChI=1S/C24H19F3N6O3/c1-13-6-7-17(29-22(35)15-4-3-5-16(10-15)24(25,26)27)11-19(13)30-23(36)18-12-28-33(14(18)2)20-8-9-21(34)32-31-20/h3-12H,1-2H3,(H,29,35)(H,30,36)(H,32,34). The van der Waals surface area contributed by atoms with E-state index < -0.39 is 23.6 Å². The molecule has 12 heteroatoms. The Bertz CT molecular complexity index is 1500. The quantitative estimate of drug-likeness (QED) is 0.384. The molecule has 9 nitrogen and oxygen atoms in total. The van der Waals surface area contributed by atoms with E-state index in [-0.39, 0.29) is 22.4 Å². The first-order valence-electron chi connectivity index (χ1n) is 10.5. The van der Waals surface area contributed by atoms with Gasteiger partial charge in [-0.3, -0.25) is 14.4 Å². The molecule has 2 aromatic carbocycles. The first-order valence-corrected chi connectivity index (χ1v) is 10.5. The molecule has 0 aliphatic heterocycles. The molecule has 184 valence electrons. The highest BCUT2D eigenvalue weighted by Crippen LogP contribution is 2.30. The minimum absolute atomic E-state index is 0.158. The number of H-pyrrole nitrogens is 1. The zero-order valence-corrected chi connectivity index (χ0v) is 19.0. The lowest BCUT2D eigenvalue weighted by molar-refractivity contribution is -0.137. The van der Waals surface area contributed by atoms with Gasteiger partial charge in [0.2, 0.25) is 0 Å². The Labute approximate surface area is 202 Å². The summed E-state index contributed by atoms with van der Waals surface area (Å²) in [6.45, 7) is 3.40. The van der Waals surface area contributed by atoms with E-state index >= 15 is 0 Å². The lowest BCUT2D eigenvalue weighted by atomic mass is 10.1. The monoisotopic (exact) mass is 496 g/mol. The van der Waals surface area contributed by atoms with Crippen LogP contribution in [0.2, 0.25) is 0 Å². The van der Waals surface area contributed by atoms with Crippen molar-refractivity contribution in [3.05, 3.63) is 99.1 Å². The minimum atomic E-state index is -4.57. The lowest BCUT2D eigenvalue weighted by Crippen LogP contribution is -2.16. The van der Waals surface area contributed by atoms with Gasteiger partial charge in [0.05, 0.1) is 23.0 Å². The van der Waals surface area contributed by atoms with Crippen LogP contribution in [0.15, 0.2) is 65.6 Å². The van der Waals surface area contributed by atoms with E-state index in [9.17, 15) is 27.6 Å². The second kappa shape index (κ2) is 9.49. The Kier molecular flexibility index (Phi) is 6.43. The number of nitrogens with one attached hydrogen (secondary N) is 3. The third kappa shape index (κ3) is 5.17. The van der Waals surface area contributed by atoms with E-state index in [0.717, 1.165) is 18.2 Å². The molecule has 2 amide bonds. The summed E-state index contributed by atoms with van der Waals surface area (Å²) in [4.78, 5) is 36.7. The number of amides is 2. The number of hydrogen-bond acceptors (Lipinski definition) is 5. The molecular formula is C24H19F3N6O3. The van der Waals surface area contributed by atoms with Gasteiger partial charge in [-0.2, -0.15) is 23.4 Å². The van der Waals surface area contributed by atoms with Crippen molar-refractivity contribution in [2.24, 2.45) is 0 Å². The molecule has 0 aliphatic rings. The summed E-state index contributed by atoms with van der Waals surface area (Å²) in [5.74, 6) is -0.887. The number of carbonyl (C=O) groups excluding carboxylic acids is 2. The molecule has 0 fully saturated rings. The number of alkyl halides is 3. The molecule has 0 saturated heterocycles. The van der Waals surface area contributed by atoms with Crippen molar-refractivity contribution in [2.75, 3.05) is 10.6 Å². The van der Waals surface area contributed by atoms with Crippen molar-refractivity contribution in [3.8, 4) is 5.82 Å². The molecular weight excluding hydrogens is 477 g/mol. The molecule has 0 bridgehead atoms. The van der Waals surface area contributed by atoms with Gasteiger partial charge < -0.3 is 10.6 Å². The molecule has 0 radical (unpaired) electrons. The summed E-state index contributed by atoms with van der Waals surface area (Å²) in [6, 6.07) is 11.6. The predicted molar refractivity (Wildman–Crippen MR) is 125 cm³/mol. The summed E-state index contributed by atoms with van der Waals surface area (Å²) in [6.07, 6.45) is -3.22. The SMILES string of the molecule is Cc1ccc(NC(=O)c2cccc(C(F)(F)F)c2)cc1NC(=O)c1cnn(-c2ccc(=O)[nH]n2)c1C. The van der Waals surface area contributed by atoms with Gasteiger partial charge in [-0.25, -0.2) is 9.78 Å². The number of halogens is 3. The molecule has 2 heterocycles. The van der Waals surface area contributed by atoms with Crippen LogP contribution in [0.1, 0.15) is 37.5 Å². The summed E-state index contributed by atoms with van der Waals surface area (Å²) in [5, 5.41) is 15.6. The van der Waals surface area contributed by atoms with Gasteiger partial charge in [0.15, 0.2) is 5.82 Å². The number of hydrogen-bond donors (Lipinski definition) is 3. The van der Waals surface area contributed by atoms with E-state index in [1.807, 2.05) is 0 Å². The van der Waals surface area contributed by atoms with Crippen molar-refractivity contribution in [1.82, 2.24) is 20.0 Å². The number of nitrogens with zero attached hydrogens (tertiary/aromatic N) is 3. The molecule has 4 rings (SSSR count). The van der Waals surface area contributed by atoms with E-state index in [4.69, 9.17) is 0 Å². The number of aromatic amines is 1.